The van der Waals surface area contributed by atoms with Crippen molar-refractivity contribution in [1.82, 2.24) is 14.8 Å². The lowest BCUT2D eigenvalue weighted by atomic mass is 10.1. The van der Waals surface area contributed by atoms with Crippen LogP contribution in [-0.2, 0) is 6.54 Å². The van der Waals surface area contributed by atoms with Gasteiger partial charge in [-0.3, -0.25) is 4.57 Å². The zero-order valence-electron chi connectivity index (χ0n) is 8.94. The summed E-state index contributed by atoms with van der Waals surface area (Å²) in [5.41, 5.74) is 9.10. The number of aryl methyl sites for hydroxylation is 2. The van der Waals surface area contributed by atoms with Crippen molar-refractivity contribution >= 4 is 0 Å². The molecule has 0 saturated carbocycles. The molecule has 0 saturated heterocycles. The zero-order valence-corrected chi connectivity index (χ0v) is 8.94. The third kappa shape index (κ3) is 1.76. The molecular weight excluding hydrogens is 188 g/mol. The standard InChI is InChI=1S/C11H14N4/c1-8-3-4-9(2)10(5-8)15-7-13-14-11(15)6-12/h3-5,7H,6,12H2,1-2H3. The molecule has 78 valence electrons. The Kier molecular flexibility index (Phi) is 2.51. The summed E-state index contributed by atoms with van der Waals surface area (Å²) in [5, 5.41) is 7.84. The molecule has 0 bridgehead atoms. The first-order valence-corrected chi connectivity index (χ1v) is 4.89. The van der Waals surface area contributed by atoms with Crippen molar-refractivity contribution in [2.75, 3.05) is 0 Å². The molecule has 2 aromatic rings. The molecule has 15 heavy (non-hydrogen) atoms. The van der Waals surface area contributed by atoms with Crippen LogP contribution in [-0.4, -0.2) is 14.8 Å². The third-order valence-electron chi connectivity index (χ3n) is 2.43. The van der Waals surface area contributed by atoms with Crippen LogP contribution in [0.4, 0.5) is 0 Å². The molecule has 1 aromatic heterocycles. The van der Waals surface area contributed by atoms with Gasteiger partial charge in [-0.1, -0.05) is 12.1 Å². The van der Waals surface area contributed by atoms with Crippen molar-refractivity contribution in [2.24, 2.45) is 5.73 Å². The number of benzene rings is 1. The van der Waals surface area contributed by atoms with E-state index in [-0.39, 0.29) is 0 Å². The SMILES string of the molecule is Cc1ccc(C)c(-n2cnnc2CN)c1. The van der Waals surface area contributed by atoms with Gasteiger partial charge in [-0.2, -0.15) is 0 Å². The Balaban J connectivity index is 2.58. The van der Waals surface area contributed by atoms with Gasteiger partial charge < -0.3 is 5.73 Å². The highest BCUT2D eigenvalue weighted by atomic mass is 15.3. The van der Waals surface area contributed by atoms with Crippen LogP contribution in [0.25, 0.3) is 5.69 Å². The molecule has 0 spiro atoms. The van der Waals surface area contributed by atoms with E-state index in [4.69, 9.17) is 5.73 Å². The molecule has 0 unspecified atom stereocenters. The van der Waals surface area contributed by atoms with Crippen LogP contribution >= 0.6 is 0 Å². The van der Waals surface area contributed by atoms with Gasteiger partial charge >= 0.3 is 0 Å². The van der Waals surface area contributed by atoms with Gasteiger partial charge in [-0.15, -0.1) is 10.2 Å². The highest BCUT2D eigenvalue weighted by molar-refractivity contribution is 5.43. The Hall–Kier alpha value is -1.68. The average Bonchev–Trinajstić information content (AvgIpc) is 2.69. The molecular formula is C11H14N4. The molecule has 2 N–H and O–H groups in total. The zero-order chi connectivity index (χ0) is 10.8. The lowest BCUT2D eigenvalue weighted by Crippen LogP contribution is -2.07. The second-order valence-electron chi connectivity index (χ2n) is 3.61. The first-order chi connectivity index (χ1) is 7.22. The van der Waals surface area contributed by atoms with Gasteiger partial charge in [0.2, 0.25) is 0 Å². The number of rotatable bonds is 2. The summed E-state index contributed by atoms with van der Waals surface area (Å²) < 4.78 is 1.93. The van der Waals surface area contributed by atoms with Gasteiger partial charge in [0, 0.05) is 0 Å². The van der Waals surface area contributed by atoms with Gasteiger partial charge in [0.05, 0.1) is 12.2 Å². The molecule has 0 atom stereocenters. The van der Waals surface area contributed by atoms with Crippen LogP contribution in [0.15, 0.2) is 24.5 Å². The van der Waals surface area contributed by atoms with Gasteiger partial charge in [0.15, 0.2) is 5.82 Å². The normalized spacial score (nSPS) is 10.6. The van der Waals surface area contributed by atoms with Crippen LogP contribution in [0.2, 0.25) is 0 Å². The van der Waals surface area contributed by atoms with Crippen molar-refractivity contribution in [2.45, 2.75) is 20.4 Å². The molecule has 1 aromatic carbocycles. The van der Waals surface area contributed by atoms with Crippen LogP contribution < -0.4 is 5.73 Å². The molecule has 0 aliphatic carbocycles. The Morgan fingerprint density at radius 3 is 2.87 bits per heavy atom. The van der Waals surface area contributed by atoms with E-state index in [2.05, 4.69) is 42.2 Å². The van der Waals surface area contributed by atoms with E-state index in [9.17, 15) is 0 Å². The van der Waals surface area contributed by atoms with Gasteiger partial charge in [-0.05, 0) is 31.0 Å². The van der Waals surface area contributed by atoms with Crippen molar-refractivity contribution in [3.63, 3.8) is 0 Å². The molecule has 0 aliphatic heterocycles. The van der Waals surface area contributed by atoms with Crippen LogP contribution in [0, 0.1) is 13.8 Å². The Labute approximate surface area is 88.8 Å². The Bertz CT molecular complexity index is 473. The van der Waals surface area contributed by atoms with Gasteiger partial charge in [-0.25, -0.2) is 0 Å². The smallest absolute Gasteiger partial charge is 0.151 e. The summed E-state index contributed by atoms with van der Waals surface area (Å²) in [6, 6.07) is 6.29. The monoisotopic (exact) mass is 202 g/mol. The largest absolute Gasteiger partial charge is 0.324 e. The lowest BCUT2D eigenvalue weighted by Gasteiger charge is -2.09. The van der Waals surface area contributed by atoms with Crippen molar-refractivity contribution < 1.29 is 0 Å². The summed E-state index contributed by atoms with van der Waals surface area (Å²) in [6.45, 7) is 4.53. The highest BCUT2D eigenvalue weighted by Crippen LogP contribution is 2.16. The van der Waals surface area contributed by atoms with Crippen molar-refractivity contribution in [1.29, 1.82) is 0 Å². The molecule has 0 radical (unpaired) electrons. The van der Waals surface area contributed by atoms with E-state index in [1.807, 2.05) is 4.57 Å². The molecule has 1 heterocycles. The van der Waals surface area contributed by atoms with Crippen molar-refractivity contribution in [3.05, 3.63) is 41.5 Å². The van der Waals surface area contributed by atoms with E-state index in [1.165, 1.54) is 11.1 Å². The number of nitrogens with two attached hydrogens (primary N) is 1. The fourth-order valence-corrected chi connectivity index (χ4v) is 1.58. The second kappa shape index (κ2) is 3.82. The fraction of sp³-hybridized carbons (Fsp3) is 0.273. The van der Waals surface area contributed by atoms with Crippen LogP contribution in [0.5, 0.6) is 0 Å². The summed E-state index contributed by atoms with van der Waals surface area (Å²) in [6.07, 6.45) is 1.70. The minimum absolute atomic E-state index is 0.396. The third-order valence-corrected chi connectivity index (χ3v) is 2.43. The minimum atomic E-state index is 0.396. The first kappa shape index (κ1) is 9.86. The predicted molar refractivity (Wildman–Crippen MR) is 58.7 cm³/mol. The van der Waals surface area contributed by atoms with Crippen LogP contribution in [0.1, 0.15) is 17.0 Å². The maximum atomic E-state index is 5.60. The fourth-order valence-electron chi connectivity index (χ4n) is 1.58. The minimum Gasteiger partial charge on any atom is -0.324 e. The quantitative estimate of drug-likeness (QED) is 0.799. The van der Waals surface area contributed by atoms with E-state index in [1.54, 1.807) is 6.33 Å². The molecule has 4 heteroatoms. The maximum Gasteiger partial charge on any atom is 0.151 e. The van der Waals surface area contributed by atoms with Crippen LogP contribution in [0.3, 0.4) is 0 Å². The van der Waals surface area contributed by atoms with Crippen molar-refractivity contribution in [3.8, 4) is 5.69 Å². The second-order valence-corrected chi connectivity index (χ2v) is 3.61. The Morgan fingerprint density at radius 2 is 2.13 bits per heavy atom. The predicted octanol–water partition coefficient (Wildman–Crippen LogP) is 1.34. The number of hydrogen-bond acceptors (Lipinski definition) is 3. The summed E-state index contributed by atoms with van der Waals surface area (Å²) in [5.74, 6) is 0.781. The van der Waals surface area contributed by atoms with E-state index in [0.717, 1.165) is 11.5 Å². The molecule has 0 aliphatic rings. The topological polar surface area (TPSA) is 56.7 Å². The summed E-state index contributed by atoms with van der Waals surface area (Å²) in [4.78, 5) is 0. The molecule has 2 rings (SSSR count). The van der Waals surface area contributed by atoms with E-state index in [0.29, 0.717) is 6.54 Å². The number of hydrogen-bond donors (Lipinski definition) is 1. The molecule has 0 amide bonds. The van der Waals surface area contributed by atoms with Gasteiger partial charge in [0.25, 0.3) is 0 Å². The summed E-state index contributed by atoms with van der Waals surface area (Å²) >= 11 is 0. The number of aromatic nitrogens is 3. The highest BCUT2D eigenvalue weighted by Gasteiger charge is 2.06. The van der Waals surface area contributed by atoms with Gasteiger partial charge in [0.1, 0.15) is 6.33 Å². The molecule has 4 nitrogen and oxygen atoms in total. The van der Waals surface area contributed by atoms with E-state index < -0.39 is 0 Å². The molecule has 0 fully saturated rings. The number of nitrogens with zero attached hydrogens (tertiary/aromatic N) is 3. The first-order valence-electron chi connectivity index (χ1n) is 4.89. The van der Waals surface area contributed by atoms with E-state index >= 15 is 0 Å². The Morgan fingerprint density at radius 1 is 1.33 bits per heavy atom. The lowest BCUT2D eigenvalue weighted by molar-refractivity contribution is 0.855. The maximum absolute atomic E-state index is 5.60. The summed E-state index contributed by atoms with van der Waals surface area (Å²) in [7, 11) is 0. The average molecular weight is 202 g/mol.